The van der Waals surface area contributed by atoms with Crippen LogP contribution in [-0.4, -0.2) is 37.1 Å². The fourth-order valence-electron chi connectivity index (χ4n) is 2.90. The first-order chi connectivity index (χ1) is 14.2. The second-order valence-corrected chi connectivity index (χ2v) is 6.28. The second-order valence-electron chi connectivity index (χ2n) is 6.28. The Morgan fingerprint density at radius 3 is 2.76 bits per heavy atom. The monoisotopic (exact) mass is 390 g/mol. The zero-order valence-corrected chi connectivity index (χ0v) is 16.1. The lowest BCUT2D eigenvalue weighted by molar-refractivity contribution is -0.143. The zero-order chi connectivity index (χ0) is 20.5. The molecule has 0 aliphatic rings. The van der Waals surface area contributed by atoms with E-state index in [4.69, 9.17) is 9.47 Å². The average molecular weight is 390 g/mol. The van der Waals surface area contributed by atoms with Crippen molar-refractivity contribution in [1.82, 2.24) is 10.3 Å². The van der Waals surface area contributed by atoms with Crippen LogP contribution in [0, 0.1) is 0 Å². The number of para-hydroxylation sites is 2. The number of ether oxygens (including phenoxy) is 2. The summed E-state index contributed by atoms with van der Waals surface area (Å²) in [7, 11) is 1.61. The van der Waals surface area contributed by atoms with Gasteiger partial charge in [0.2, 0.25) is 0 Å². The third-order valence-corrected chi connectivity index (χ3v) is 4.32. The molecule has 1 heterocycles. The summed E-state index contributed by atoms with van der Waals surface area (Å²) in [4.78, 5) is 28.1. The van der Waals surface area contributed by atoms with Crippen LogP contribution in [0.5, 0.6) is 5.75 Å². The van der Waals surface area contributed by atoms with E-state index in [9.17, 15) is 9.59 Å². The Hall–Kier alpha value is -3.67. The number of esters is 1. The lowest BCUT2D eigenvalue weighted by Crippen LogP contribution is -2.30. The fourth-order valence-corrected chi connectivity index (χ4v) is 2.90. The molecule has 3 aromatic rings. The van der Waals surface area contributed by atoms with Gasteiger partial charge in [0.1, 0.15) is 5.75 Å². The summed E-state index contributed by atoms with van der Waals surface area (Å²) in [5.41, 5.74) is 2.60. The summed E-state index contributed by atoms with van der Waals surface area (Å²) in [6.45, 7) is 0.0944. The van der Waals surface area contributed by atoms with Gasteiger partial charge in [-0.05, 0) is 30.2 Å². The van der Waals surface area contributed by atoms with Crippen molar-refractivity contribution in [3.63, 3.8) is 0 Å². The number of carbonyl (C=O) groups is 2. The van der Waals surface area contributed by atoms with Gasteiger partial charge in [-0.3, -0.25) is 9.78 Å². The molecule has 29 heavy (non-hydrogen) atoms. The Morgan fingerprint density at radius 1 is 1.07 bits per heavy atom. The maximum atomic E-state index is 11.9. The van der Waals surface area contributed by atoms with Crippen molar-refractivity contribution in [3.8, 4) is 5.75 Å². The minimum atomic E-state index is -0.585. The Labute approximate surface area is 169 Å². The number of nitrogens with zero attached hydrogens (tertiary/aromatic N) is 1. The van der Waals surface area contributed by atoms with Crippen molar-refractivity contribution in [2.75, 3.05) is 20.3 Å². The molecule has 148 valence electrons. The highest BCUT2D eigenvalue weighted by molar-refractivity contribution is 5.93. The predicted molar refractivity (Wildman–Crippen MR) is 111 cm³/mol. The van der Waals surface area contributed by atoms with Gasteiger partial charge in [-0.1, -0.05) is 42.5 Å². The van der Waals surface area contributed by atoms with E-state index < -0.39 is 5.97 Å². The predicted octanol–water partition coefficient (Wildman–Crippen LogP) is 3.16. The summed E-state index contributed by atoms with van der Waals surface area (Å²) < 4.78 is 10.3. The first-order valence-electron chi connectivity index (χ1n) is 9.24. The van der Waals surface area contributed by atoms with E-state index in [0.29, 0.717) is 13.0 Å². The van der Waals surface area contributed by atoms with Crippen LogP contribution in [0.3, 0.4) is 0 Å². The molecule has 1 aromatic heterocycles. The van der Waals surface area contributed by atoms with Gasteiger partial charge in [-0.2, -0.15) is 0 Å². The number of methoxy groups -OCH3 is 1. The maximum absolute atomic E-state index is 11.9. The molecule has 3 rings (SSSR count). The molecule has 0 atom stereocenters. The Kier molecular flexibility index (Phi) is 6.95. The van der Waals surface area contributed by atoms with Crippen molar-refractivity contribution in [2.24, 2.45) is 0 Å². The van der Waals surface area contributed by atoms with Crippen LogP contribution >= 0.6 is 0 Å². The summed E-state index contributed by atoms with van der Waals surface area (Å²) in [6, 6.07) is 17.1. The van der Waals surface area contributed by atoms with E-state index in [1.54, 1.807) is 19.4 Å². The van der Waals surface area contributed by atoms with Gasteiger partial charge in [-0.15, -0.1) is 0 Å². The van der Waals surface area contributed by atoms with Crippen molar-refractivity contribution in [2.45, 2.75) is 6.42 Å². The molecule has 1 amide bonds. The van der Waals surface area contributed by atoms with Crippen molar-refractivity contribution in [1.29, 1.82) is 0 Å². The third kappa shape index (κ3) is 5.65. The van der Waals surface area contributed by atoms with Crippen LogP contribution in [0.2, 0.25) is 0 Å². The molecule has 0 fully saturated rings. The van der Waals surface area contributed by atoms with Crippen LogP contribution in [0.15, 0.2) is 66.9 Å². The van der Waals surface area contributed by atoms with Crippen LogP contribution < -0.4 is 10.1 Å². The highest BCUT2D eigenvalue weighted by Crippen LogP contribution is 2.18. The van der Waals surface area contributed by atoms with E-state index >= 15 is 0 Å². The van der Waals surface area contributed by atoms with Crippen LogP contribution in [0.25, 0.3) is 17.0 Å². The largest absolute Gasteiger partial charge is 0.496 e. The minimum absolute atomic E-state index is 0.330. The molecule has 2 aromatic carbocycles. The van der Waals surface area contributed by atoms with E-state index in [1.165, 1.54) is 6.08 Å². The van der Waals surface area contributed by atoms with Crippen molar-refractivity contribution >= 4 is 28.9 Å². The molecule has 0 spiro atoms. The second kappa shape index (κ2) is 10.0. The molecular weight excluding hydrogens is 368 g/mol. The zero-order valence-electron chi connectivity index (χ0n) is 16.1. The fraction of sp³-hybridized carbons (Fsp3) is 0.174. The SMILES string of the molecule is COc1ccccc1CCNC(=O)COC(=O)C=Cc1cccc2cccnc12. The molecule has 6 heteroatoms. The number of carbonyl (C=O) groups excluding carboxylic acids is 2. The number of benzene rings is 2. The molecule has 0 saturated carbocycles. The number of aromatic nitrogens is 1. The third-order valence-electron chi connectivity index (χ3n) is 4.32. The Bertz CT molecular complexity index is 1020. The Morgan fingerprint density at radius 2 is 1.90 bits per heavy atom. The molecule has 1 N–H and O–H groups in total. The molecule has 6 nitrogen and oxygen atoms in total. The standard InChI is InChI=1S/C23H22N2O4/c1-28-20-10-3-2-6-17(20)13-15-24-21(26)16-29-22(27)12-11-19-8-4-7-18-9-5-14-25-23(18)19/h2-12,14H,13,15-16H2,1H3,(H,24,26). The molecule has 0 saturated heterocycles. The first kappa shape index (κ1) is 20.1. The lowest BCUT2D eigenvalue weighted by atomic mass is 10.1. The summed E-state index contributed by atoms with van der Waals surface area (Å²) in [5.74, 6) is -0.160. The van der Waals surface area contributed by atoms with Crippen LogP contribution in [0.1, 0.15) is 11.1 Å². The normalized spacial score (nSPS) is 10.8. The summed E-state index contributed by atoms with van der Waals surface area (Å²) >= 11 is 0. The number of fused-ring (bicyclic) bond motifs is 1. The van der Waals surface area contributed by atoms with E-state index in [1.807, 2.05) is 54.6 Å². The van der Waals surface area contributed by atoms with E-state index in [-0.39, 0.29) is 12.5 Å². The van der Waals surface area contributed by atoms with Gasteiger partial charge in [0.25, 0.3) is 5.91 Å². The topological polar surface area (TPSA) is 77.5 Å². The molecule has 0 aliphatic carbocycles. The smallest absolute Gasteiger partial charge is 0.331 e. The summed E-state index contributed by atoms with van der Waals surface area (Å²) in [6.07, 6.45) is 5.26. The van der Waals surface area contributed by atoms with Gasteiger partial charge in [0.05, 0.1) is 12.6 Å². The highest BCUT2D eigenvalue weighted by atomic mass is 16.5. The number of nitrogens with one attached hydrogen (secondary N) is 1. The first-order valence-corrected chi connectivity index (χ1v) is 9.24. The molecule has 0 unspecified atom stereocenters. The number of hydrogen-bond donors (Lipinski definition) is 1. The van der Waals surface area contributed by atoms with E-state index in [0.717, 1.165) is 27.8 Å². The highest BCUT2D eigenvalue weighted by Gasteiger charge is 2.07. The Balaban J connectivity index is 1.45. The molecule has 0 aliphatic heterocycles. The number of pyridine rings is 1. The van der Waals surface area contributed by atoms with Crippen molar-refractivity contribution in [3.05, 3.63) is 78.0 Å². The van der Waals surface area contributed by atoms with Gasteiger partial charge >= 0.3 is 5.97 Å². The average Bonchev–Trinajstić information content (AvgIpc) is 2.76. The van der Waals surface area contributed by atoms with Gasteiger partial charge in [0, 0.05) is 29.8 Å². The van der Waals surface area contributed by atoms with Gasteiger partial charge in [-0.25, -0.2) is 4.79 Å². The molecule has 0 radical (unpaired) electrons. The molecular formula is C23H22N2O4. The number of rotatable bonds is 8. The van der Waals surface area contributed by atoms with Crippen LogP contribution in [-0.2, 0) is 20.7 Å². The van der Waals surface area contributed by atoms with E-state index in [2.05, 4.69) is 10.3 Å². The lowest BCUT2D eigenvalue weighted by Gasteiger charge is -2.09. The number of hydrogen-bond acceptors (Lipinski definition) is 5. The molecule has 0 bridgehead atoms. The quantitative estimate of drug-likeness (QED) is 0.472. The van der Waals surface area contributed by atoms with Gasteiger partial charge in [0.15, 0.2) is 6.61 Å². The van der Waals surface area contributed by atoms with Crippen molar-refractivity contribution < 1.29 is 19.1 Å². The summed E-state index contributed by atoms with van der Waals surface area (Å²) in [5, 5.41) is 3.71. The number of amides is 1. The minimum Gasteiger partial charge on any atom is -0.496 e. The van der Waals surface area contributed by atoms with Crippen LogP contribution in [0.4, 0.5) is 0 Å². The van der Waals surface area contributed by atoms with Gasteiger partial charge < -0.3 is 14.8 Å². The maximum Gasteiger partial charge on any atom is 0.331 e.